The van der Waals surface area contributed by atoms with Gasteiger partial charge in [-0.15, -0.1) is 5.10 Å². The van der Waals surface area contributed by atoms with E-state index in [2.05, 4.69) is 25.8 Å². The van der Waals surface area contributed by atoms with Crippen molar-refractivity contribution in [2.24, 2.45) is 5.92 Å². The first-order valence-electron chi connectivity index (χ1n) is 10.9. The lowest BCUT2D eigenvalue weighted by Crippen LogP contribution is -2.28. The van der Waals surface area contributed by atoms with Crippen LogP contribution in [0.3, 0.4) is 0 Å². The number of rotatable bonds is 7. The van der Waals surface area contributed by atoms with Gasteiger partial charge in [0.25, 0.3) is 0 Å². The Hall–Kier alpha value is -4.09. The van der Waals surface area contributed by atoms with Crippen molar-refractivity contribution in [1.82, 2.24) is 15.2 Å². The van der Waals surface area contributed by atoms with Crippen LogP contribution in [0.5, 0.6) is 5.88 Å². The highest BCUT2D eigenvalue weighted by Gasteiger charge is 2.28. The first-order valence-corrected chi connectivity index (χ1v) is 10.9. The van der Waals surface area contributed by atoms with E-state index in [0.29, 0.717) is 30.0 Å². The van der Waals surface area contributed by atoms with Crippen LogP contribution in [0.15, 0.2) is 34.9 Å². The number of aromatic nitrogens is 3. The summed E-state index contributed by atoms with van der Waals surface area (Å²) in [5.41, 5.74) is 1.30. The molecule has 3 aromatic rings. The quantitative estimate of drug-likeness (QED) is 0.472. The van der Waals surface area contributed by atoms with Gasteiger partial charge in [0, 0.05) is 17.8 Å². The molecule has 2 aromatic heterocycles. The number of esters is 1. The van der Waals surface area contributed by atoms with Gasteiger partial charge in [0.1, 0.15) is 6.10 Å². The molecule has 1 aliphatic carbocycles. The van der Waals surface area contributed by atoms with E-state index in [-0.39, 0.29) is 35.6 Å². The number of aryl methyl sites for hydroxylation is 1. The van der Waals surface area contributed by atoms with Crippen LogP contribution < -0.4 is 15.4 Å². The number of halogens is 2. The van der Waals surface area contributed by atoms with Crippen molar-refractivity contribution >= 4 is 29.3 Å². The third-order valence-electron chi connectivity index (χ3n) is 5.62. The second-order valence-electron chi connectivity index (χ2n) is 8.07. The molecular formula is C23H23F2N5O5. The Morgan fingerprint density at radius 2 is 1.86 bits per heavy atom. The zero-order chi connectivity index (χ0) is 24.9. The van der Waals surface area contributed by atoms with E-state index in [0.717, 1.165) is 25.0 Å². The molecule has 1 saturated carbocycles. The summed E-state index contributed by atoms with van der Waals surface area (Å²) in [6.45, 7) is 1.78. The summed E-state index contributed by atoms with van der Waals surface area (Å²) in [7, 11) is 1.39. The van der Waals surface area contributed by atoms with Crippen LogP contribution in [0, 0.1) is 24.5 Å². The summed E-state index contributed by atoms with van der Waals surface area (Å²) < 4.78 is 42.4. The summed E-state index contributed by atoms with van der Waals surface area (Å²) >= 11 is 0. The number of benzene rings is 1. The third-order valence-corrected chi connectivity index (χ3v) is 5.62. The molecule has 12 heteroatoms. The standard InChI is InChI=1S/C23H23F2N5O5/c1-12-9-19(34-15-6-3-13(4-7-15)22(32)33-2)26-11-18(12)28-20(31)21-29-30-23(35-21)27-14-5-8-16(24)17(25)10-14/h5,8-11,13,15H,3-4,6-7H2,1-2H3,(H,27,30)(H,28,31). The van der Waals surface area contributed by atoms with Gasteiger partial charge >= 0.3 is 23.8 Å². The van der Waals surface area contributed by atoms with E-state index in [4.69, 9.17) is 13.9 Å². The van der Waals surface area contributed by atoms with Gasteiger partial charge in [-0.05, 0) is 50.3 Å². The molecule has 4 rings (SSSR count). The Balaban J connectivity index is 1.33. The second-order valence-corrected chi connectivity index (χ2v) is 8.07. The normalized spacial score (nSPS) is 17.5. The molecule has 1 fully saturated rings. The Labute approximate surface area is 199 Å². The Morgan fingerprint density at radius 3 is 2.54 bits per heavy atom. The highest BCUT2D eigenvalue weighted by molar-refractivity contribution is 6.01. The number of hydrogen-bond acceptors (Lipinski definition) is 9. The van der Waals surface area contributed by atoms with E-state index in [1.54, 1.807) is 13.0 Å². The maximum absolute atomic E-state index is 13.3. The van der Waals surface area contributed by atoms with Crippen LogP contribution in [0.25, 0.3) is 0 Å². The molecule has 0 spiro atoms. The molecular weight excluding hydrogens is 464 g/mol. The molecule has 2 heterocycles. The lowest BCUT2D eigenvalue weighted by atomic mass is 9.87. The van der Waals surface area contributed by atoms with Gasteiger partial charge in [-0.2, -0.15) is 0 Å². The first kappa shape index (κ1) is 24.0. The van der Waals surface area contributed by atoms with Crippen LogP contribution in [0.4, 0.5) is 26.2 Å². The van der Waals surface area contributed by atoms with Crippen LogP contribution in [-0.2, 0) is 9.53 Å². The fraction of sp³-hybridized carbons (Fsp3) is 0.348. The molecule has 10 nitrogen and oxygen atoms in total. The molecule has 0 aliphatic heterocycles. The molecule has 184 valence electrons. The zero-order valence-electron chi connectivity index (χ0n) is 19.0. The minimum absolute atomic E-state index is 0.0536. The number of amides is 1. The first-order chi connectivity index (χ1) is 16.8. The predicted octanol–water partition coefficient (Wildman–Crippen LogP) is 4.16. The SMILES string of the molecule is COC(=O)C1CCC(Oc2cc(C)c(NC(=O)c3nnc(Nc4ccc(F)c(F)c4)o3)cn2)CC1. The van der Waals surface area contributed by atoms with Gasteiger partial charge in [-0.1, -0.05) is 5.10 Å². The molecule has 0 radical (unpaired) electrons. The zero-order valence-corrected chi connectivity index (χ0v) is 19.0. The smallest absolute Gasteiger partial charge is 0.320 e. The average Bonchev–Trinajstić information content (AvgIpc) is 3.32. The van der Waals surface area contributed by atoms with Crippen molar-refractivity contribution in [3.63, 3.8) is 0 Å². The predicted molar refractivity (Wildman–Crippen MR) is 119 cm³/mol. The maximum atomic E-state index is 13.3. The number of carbonyl (C=O) groups excluding carboxylic acids is 2. The van der Waals surface area contributed by atoms with E-state index in [1.165, 1.54) is 19.4 Å². The van der Waals surface area contributed by atoms with Gasteiger partial charge in [0.15, 0.2) is 11.6 Å². The maximum Gasteiger partial charge on any atom is 0.320 e. The molecule has 0 saturated heterocycles. The van der Waals surface area contributed by atoms with Crippen LogP contribution in [0.2, 0.25) is 0 Å². The molecule has 0 atom stereocenters. The molecule has 1 aliphatic rings. The highest BCUT2D eigenvalue weighted by Crippen LogP contribution is 2.29. The molecule has 35 heavy (non-hydrogen) atoms. The number of hydrogen-bond donors (Lipinski definition) is 2. The van der Waals surface area contributed by atoms with Gasteiger partial charge in [0.2, 0.25) is 5.88 Å². The van der Waals surface area contributed by atoms with E-state index < -0.39 is 17.5 Å². The van der Waals surface area contributed by atoms with E-state index in [9.17, 15) is 18.4 Å². The van der Waals surface area contributed by atoms with E-state index >= 15 is 0 Å². The van der Waals surface area contributed by atoms with Gasteiger partial charge < -0.3 is 24.5 Å². The molecule has 2 N–H and O–H groups in total. The fourth-order valence-corrected chi connectivity index (χ4v) is 3.72. The lowest BCUT2D eigenvalue weighted by Gasteiger charge is -2.27. The van der Waals surface area contributed by atoms with Gasteiger partial charge in [-0.3, -0.25) is 9.59 Å². The molecule has 1 aromatic carbocycles. The number of nitrogens with zero attached hydrogens (tertiary/aromatic N) is 3. The summed E-state index contributed by atoms with van der Waals surface area (Å²) in [6.07, 6.45) is 4.23. The van der Waals surface area contributed by atoms with Crippen LogP contribution in [0.1, 0.15) is 41.9 Å². The summed E-state index contributed by atoms with van der Waals surface area (Å²) in [4.78, 5) is 28.4. The minimum Gasteiger partial charge on any atom is -0.474 e. The highest BCUT2D eigenvalue weighted by atomic mass is 19.2. The average molecular weight is 487 g/mol. The Kier molecular flexibility index (Phi) is 7.18. The summed E-state index contributed by atoms with van der Waals surface area (Å²) in [5.74, 6) is -2.91. The third kappa shape index (κ3) is 5.89. The topological polar surface area (TPSA) is 128 Å². The Morgan fingerprint density at radius 1 is 1.09 bits per heavy atom. The number of pyridine rings is 1. The summed E-state index contributed by atoms with van der Waals surface area (Å²) in [6, 6.07) is 4.68. The number of ether oxygens (including phenoxy) is 2. The van der Waals surface area contributed by atoms with Crippen LogP contribution >= 0.6 is 0 Å². The largest absolute Gasteiger partial charge is 0.474 e. The molecule has 1 amide bonds. The molecule has 0 bridgehead atoms. The number of nitrogens with one attached hydrogen (secondary N) is 2. The van der Waals surface area contributed by atoms with Crippen molar-refractivity contribution in [3.8, 4) is 5.88 Å². The number of carbonyl (C=O) groups is 2. The minimum atomic E-state index is -1.04. The van der Waals surface area contributed by atoms with E-state index in [1.807, 2.05) is 0 Å². The van der Waals surface area contributed by atoms with Crippen molar-refractivity contribution in [1.29, 1.82) is 0 Å². The lowest BCUT2D eigenvalue weighted by molar-refractivity contribution is -0.147. The second kappa shape index (κ2) is 10.5. The van der Waals surface area contributed by atoms with Crippen LogP contribution in [-0.4, -0.2) is 40.3 Å². The Bertz CT molecular complexity index is 1230. The van der Waals surface area contributed by atoms with Crippen molar-refractivity contribution in [3.05, 3.63) is 53.6 Å². The number of methoxy groups -OCH3 is 1. The number of anilines is 3. The monoisotopic (exact) mass is 487 g/mol. The fourth-order valence-electron chi connectivity index (χ4n) is 3.72. The van der Waals surface area contributed by atoms with Crippen molar-refractivity contribution in [2.75, 3.05) is 17.7 Å². The van der Waals surface area contributed by atoms with Crippen molar-refractivity contribution < 1.29 is 32.3 Å². The molecule has 0 unspecified atom stereocenters. The van der Waals surface area contributed by atoms with Gasteiger partial charge in [-0.25, -0.2) is 13.8 Å². The van der Waals surface area contributed by atoms with Gasteiger partial charge in [0.05, 0.1) is 24.9 Å². The van der Waals surface area contributed by atoms with Crippen molar-refractivity contribution in [2.45, 2.75) is 38.7 Å². The summed E-state index contributed by atoms with van der Waals surface area (Å²) in [5, 5.41) is 12.6.